The third-order valence-electron chi connectivity index (χ3n) is 2.40. The largest absolute Gasteiger partial charge is 0.383 e. The first-order chi connectivity index (χ1) is 9.15. The van der Waals surface area contributed by atoms with Crippen molar-refractivity contribution in [3.8, 4) is 0 Å². The van der Waals surface area contributed by atoms with Crippen LogP contribution in [0.4, 0.5) is 8.78 Å². The quantitative estimate of drug-likeness (QED) is 0.645. The van der Waals surface area contributed by atoms with Gasteiger partial charge in [0.15, 0.2) is 0 Å². The minimum Gasteiger partial charge on any atom is -0.383 e. The lowest BCUT2D eigenvalue weighted by Gasteiger charge is -2.08. The molecule has 6 nitrogen and oxygen atoms in total. The maximum atomic E-state index is 12.5. The summed E-state index contributed by atoms with van der Waals surface area (Å²) < 4.78 is 30.6. The van der Waals surface area contributed by atoms with Crippen molar-refractivity contribution in [3.05, 3.63) is 18.2 Å². The fourth-order valence-corrected chi connectivity index (χ4v) is 1.44. The molecule has 0 saturated carbocycles. The van der Waals surface area contributed by atoms with Crippen molar-refractivity contribution in [2.24, 2.45) is 0 Å². The van der Waals surface area contributed by atoms with Crippen LogP contribution in [-0.2, 0) is 16.1 Å². The number of carbonyl (C=O) groups excluding carboxylic acids is 1. The molecule has 0 radical (unpaired) electrons. The number of hydrogen-bond donors (Lipinski definition) is 2. The van der Waals surface area contributed by atoms with Crippen molar-refractivity contribution in [1.82, 2.24) is 20.2 Å². The lowest BCUT2D eigenvalue weighted by Crippen LogP contribution is -2.30. The molecule has 0 bridgehead atoms. The normalized spacial score (nSPS) is 10.9. The zero-order valence-electron chi connectivity index (χ0n) is 10.7. The molecule has 108 valence electrons. The van der Waals surface area contributed by atoms with E-state index < -0.39 is 6.55 Å². The number of ether oxygens (including phenoxy) is 1. The number of carbonyl (C=O) groups is 1. The minimum atomic E-state index is -2.60. The lowest BCUT2D eigenvalue weighted by atomic mass is 10.4. The second-order valence-corrected chi connectivity index (χ2v) is 3.80. The number of halogens is 2. The lowest BCUT2D eigenvalue weighted by molar-refractivity contribution is -0.121. The zero-order chi connectivity index (χ0) is 14.1. The highest BCUT2D eigenvalue weighted by atomic mass is 19.3. The highest BCUT2D eigenvalue weighted by Gasteiger charge is 2.10. The molecule has 1 aromatic rings. The molecule has 0 aliphatic carbocycles. The van der Waals surface area contributed by atoms with Gasteiger partial charge < -0.3 is 15.4 Å². The van der Waals surface area contributed by atoms with Gasteiger partial charge in [0, 0.05) is 39.0 Å². The van der Waals surface area contributed by atoms with Gasteiger partial charge in [-0.25, -0.2) is 4.98 Å². The molecule has 0 unspecified atom stereocenters. The second kappa shape index (κ2) is 8.54. The summed E-state index contributed by atoms with van der Waals surface area (Å²) in [6.45, 7) is -1.08. The number of methoxy groups -OCH3 is 1. The summed E-state index contributed by atoms with van der Waals surface area (Å²) in [4.78, 5) is 15.1. The van der Waals surface area contributed by atoms with E-state index in [0.717, 1.165) is 4.57 Å². The number of alkyl halides is 2. The van der Waals surface area contributed by atoms with Crippen molar-refractivity contribution in [2.75, 3.05) is 26.8 Å². The van der Waals surface area contributed by atoms with E-state index in [1.54, 1.807) is 7.11 Å². The highest BCUT2D eigenvalue weighted by molar-refractivity contribution is 5.75. The molecular weight excluding hydrogens is 258 g/mol. The molecule has 19 heavy (non-hydrogen) atoms. The molecule has 0 atom stereocenters. The van der Waals surface area contributed by atoms with Crippen molar-refractivity contribution >= 4 is 5.91 Å². The van der Waals surface area contributed by atoms with Gasteiger partial charge in [0.1, 0.15) is 5.82 Å². The van der Waals surface area contributed by atoms with Crippen LogP contribution in [0, 0.1) is 0 Å². The average molecular weight is 276 g/mol. The molecule has 1 heterocycles. The predicted octanol–water partition coefficient (Wildman–Crippen LogP) is 0.520. The standard InChI is InChI=1S/C11H18F2N4O2/c1-19-7-5-16-10(18)2-3-14-8-9-15-4-6-17(9)11(12)13/h4,6,11,14H,2-3,5,7-8H2,1H3,(H,16,18). The number of nitrogens with one attached hydrogen (secondary N) is 2. The van der Waals surface area contributed by atoms with Crippen LogP contribution in [0.15, 0.2) is 12.4 Å². The van der Waals surface area contributed by atoms with E-state index in [1.807, 2.05) is 0 Å². The first-order valence-corrected chi connectivity index (χ1v) is 5.91. The zero-order valence-corrected chi connectivity index (χ0v) is 10.7. The van der Waals surface area contributed by atoms with E-state index in [2.05, 4.69) is 15.6 Å². The number of imidazole rings is 1. The summed E-state index contributed by atoms with van der Waals surface area (Å²) in [6.07, 6.45) is 2.82. The molecular formula is C11H18F2N4O2. The van der Waals surface area contributed by atoms with E-state index in [4.69, 9.17) is 4.74 Å². The first-order valence-electron chi connectivity index (χ1n) is 5.91. The van der Waals surface area contributed by atoms with Crippen LogP contribution in [0.3, 0.4) is 0 Å². The SMILES string of the molecule is COCCNC(=O)CCNCc1nccn1C(F)F. The third kappa shape index (κ3) is 5.75. The van der Waals surface area contributed by atoms with Crippen molar-refractivity contribution < 1.29 is 18.3 Å². The van der Waals surface area contributed by atoms with E-state index in [0.29, 0.717) is 19.7 Å². The number of hydrogen-bond acceptors (Lipinski definition) is 4. The molecule has 0 aliphatic heterocycles. The number of amides is 1. The van der Waals surface area contributed by atoms with E-state index in [-0.39, 0.29) is 24.7 Å². The van der Waals surface area contributed by atoms with E-state index in [9.17, 15) is 13.6 Å². The minimum absolute atomic E-state index is 0.109. The van der Waals surface area contributed by atoms with Gasteiger partial charge in [-0.1, -0.05) is 0 Å². The van der Waals surface area contributed by atoms with Gasteiger partial charge in [-0.15, -0.1) is 0 Å². The maximum absolute atomic E-state index is 12.5. The molecule has 0 fully saturated rings. The van der Waals surface area contributed by atoms with Crippen molar-refractivity contribution in [2.45, 2.75) is 19.5 Å². The Kier molecular flexibility index (Phi) is 6.98. The van der Waals surface area contributed by atoms with Crippen LogP contribution in [0.5, 0.6) is 0 Å². The Morgan fingerprint density at radius 1 is 1.53 bits per heavy atom. The Hall–Kier alpha value is -1.54. The van der Waals surface area contributed by atoms with Gasteiger partial charge in [0.05, 0.1) is 13.2 Å². The summed E-state index contributed by atoms with van der Waals surface area (Å²) in [7, 11) is 1.55. The topological polar surface area (TPSA) is 68.2 Å². The van der Waals surface area contributed by atoms with Crippen LogP contribution in [0.1, 0.15) is 18.8 Å². The number of aromatic nitrogens is 2. The molecule has 0 aliphatic rings. The second-order valence-electron chi connectivity index (χ2n) is 3.80. The summed E-state index contributed by atoms with van der Waals surface area (Å²) in [5.74, 6) is 0.136. The molecule has 0 saturated heterocycles. The van der Waals surface area contributed by atoms with Crippen LogP contribution in [0.25, 0.3) is 0 Å². The van der Waals surface area contributed by atoms with Gasteiger partial charge in [-0.05, 0) is 0 Å². The van der Waals surface area contributed by atoms with Crippen molar-refractivity contribution in [1.29, 1.82) is 0 Å². The molecule has 2 N–H and O–H groups in total. The summed E-state index contributed by atoms with van der Waals surface area (Å²) in [6, 6.07) is 0. The van der Waals surface area contributed by atoms with Crippen LogP contribution < -0.4 is 10.6 Å². The summed E-state index contributed by atoms with van der Waals surface area (Å²) in [5, 5.41) is 5.56. The Bertz CT molecular complexity index is 385. The molecule has 0 spiro atoms. The first kappa shape index (κ1) is 15.5. The molecule has 8 heteroatoms. The Morgan fingerprint density at radius 3 is 3.00 bits per heavy atom. The molecule has 0 aromatic carbocycles. The smallest absolute Gasteiger partial charge is 0.319 e. The molecule has 1 aromatic heterocycles. The monoisotopic (exact) mass is 276 g/mol. The fraction of sp³-hybridized carbons (Fsp3) is 0.636. The van der Waals surface area contributed by atoms with Gasteiger partial charge in [0.2, 0.25) is 5.91 Å². The van der Waals surface area contributed by atoms with E-state index >= 15 is 0 Å². The third-order valence-corrected chi connectivity index (χ3v) is 2.40. The highest BCUT2D eigenvalue weighted by Crippen LogP contribution is 2.11. The van der Waals surface area contributed by atoms with E-state index in [1.165, 1.54) is 12.4 Å². The summed E-state index contributed by atoms with van der Waals surface area (Å²) in [5.41, 5.74) is 0. The van der Waals surface area contributed by atoms with Gasteiger partial charge in [0.25, 0.3) is 0 Å². The number of rotatable bonds is 9. The maximum Gasteiger partial charge on any atom is 0.319 e. The van der Waals surface area contributed by atoms with Crippen LogP contribution in [-0.4, -0.2) is 42.3 Å². The number of nitrogens with zero attached hydrogens (tertiary/aromatic N) is 2. The van der Waals surface area contributed by atoms with Crippen LogP contribution >= 0.6 is 0 Å². The summed E-state index contributed by atoms with van der Waals surface area (Å²) >= 11 is 0. The van der Waals surface area contributed by atoms with Gasteiger partial charge >= 0.3 is 6.55 Å². The average Bonchev–Trinajstić information content (AvgIpc) is 2.83. The molecule has 1 amide bonds. The molecule has 1 rings (SSSR count). The predicted molar refractivity (Wildman–Crippen MR) is 64.7 cm³/mol. The van der Waals surface area contributed by atoms with Crippen molar-refractivity contribution in [3.63, 3.8) is 0 Å². The Morgan fingerprint density at radius 2 is 2.32 bits per heavy atom. The van der Waals surface area contributed by atoms with Gasteiger partial charge in [-0.3, -0.25) is 9.36 Å². The van der Waals surface area contributed by atoms with Crippen LogP contribution in [0.2, 0.25) is 0 Å². The Balaban J connectivity index is 2.16. The van der Waals surface area contributed by atoms with Gasteiger partial charge in [-0.2, -0.15) is 8.78 Å². The Labute approximate surface area is 110 Å². The fourth-order valence-electron chi connectivity index (χ4n) is 1.44.